The molecule has 2 rings (SSSR count). The third kappa shape index (κ3) is 2.54. The molecule has 1 aromatic rings. The van der Waals surface area contributed by atoms with Crippen LogP contribution in [0.4, 0.5) is 0 Å². The molecule has 0 unspecified atom stereocenters. The molecule has 3 nitrogen and oxygen atoms in total. The van der Waals surface area contributed by atoms with Gasteiger partial charge in [-0.2, -0.15) is 5.26 Å². The van der Waals surface area contributed by atoms with Crippen LogP contribution in [0.1, 0.15) is 31.0 Å². The largest absolute Gasteiger partial charge is 0.312 e. The molecule has 0 saturated heterocycles. The number of hydrogen-bond acceptors (Lipinski definition) is 3. The monoisotopic (exact) mass is 201 g/mol. The Kier molecular flexibility index (Phi) is 2.70. The molecule has 1 heterocycles. The van der Waals surface area contributed by atoms with Gasteiger partial charge in [-0.25, -0.2) is 4.98 Å². The van der Waals surface area contributed by atoms with Gasteiger partial charge in [0.2, 0.25) is 0 Å². The smallest absolute Gasteiger partial charge is 0.144 e. The molecule has 1 fully saturated rings. The first kappa shape index (κ1) is 10.1. The summed E-state index contributed by atoms with van der Waals surface area (Å²) in [7, 11) is 0. The molecule has 1 aliphatic carbocycles. The number of rotatable bonds is 4. The van der Waals surface area contributed by atoms with E-state index in [2.05, 4.69) is 23.3 Å². The van der Waals surface area contributed by atoms with Gasteiger partial charge in [-0.05, 0) is 24.3 Å². The van der Waals surface area contributed by atoms with Crippen LogP contribution in [0.3, 0.4) is 0 Å². The number of pyridine rings is 1. The fourth-order valence-electron chi connectivity index (χ4n) is 1.57. The minimum atomic E-state index is 0.509. The third-order valence-electron chi connectivity index (χ3n) is 2.97. The van der Waals surface area contributed by atoms with Crippen LogP contribution in [0.15, 0.2) is 18.3 Å². The van der Waals surface area contributed by atoms with Crippen molar-refractivity contribution in [1.82, 2.24) is 10.3 Å². The van der Waals surface area contributed by atoms with E-state index in [9.17, 15) is 0 Å². The summed E-state index contributed by atoms with van der Waals surface area (Å²) in [5, 5.41) is 12.2. The van der Waals surface area contributed by atoms with Gasteiger partial charge >= 0.3 is 0 Å². The van der Waals surface area contributed by atoms with Crippen LogP contribution < -0.4 is 5.32 Å². The maximum Gasteiger partial charge on any atom is 0.144 e. The van der Waals surface area contributed by atoms with Crippen LogP contribution in [0.2, 0.25) is 0 Å². The van der Waals surface area contributed by atoms with E-state index in [0.29, 0.717) is 11.1 Å². The highest BCUT2D eigenvalue weighted by Crippen LogP contribution is 2.44. The van der Waals surface area contributed by atoms with Crippen molar-refractivity contribution >= 4 is 0 Å². The maximum atomic E-state index is 8.85. The van der Waals surface area contributed by atoms with Crippen molar-refractivity contribution in [2.75, 3.05) is 6.54 Å². The summed E-state index contributed by atoms with van der Waals surface area (Å²) in [4.78, 5) is 4.03. The van der Waals surface area contributed by atoms with E-state index < -0.39 is 0 Å². The molecule has 0 atom stereocenters. The van der Waals surface area contributed by atoms with Crippen LogP contribution >= 0.6 is 0 Å². The zero-order valence-electron chi connectivity index (χ0n) is 8.95. The van der Waals surface area contributed by atoms with Crippen LogP contribution in [0.25, 0.3) is 0 Å². The molecule has 0 amide bonds. The standard InChI is InChI=1S/C12H15N3/c1-12(4-5-12)9-14-8-10-3-2-6-15-11(10)7-13/h2-3,6,14H,4-5,8-9H2,1H3. The first-order valence-electron chi connectivity index (χ1n) is 5.28. The number of nitriles is 1. The van der Waals surface area contributed by atoms with Gasteiger partial charge in [-0.15, -0.1) is 0 Å². The minimum Gasteiger partial charge on any atom is -0.312 e. The van der Waals surface area contributed by atoms with E-state index in [1.165, 1.54) is 12.8 Å². The highest BCUT2D eigenvalue weighted by Gasteiger charge is 2.36. The summed E-state index contributed by atoms with van der Waals surface area (Å²) in [6, 6.07) is 5.93. The number of aromatic nitrogens is 1. The molecular formula is C12H15N3. The molecule has 3 heteroatoms. The Morgan fingerprint density at radius 3 is 3.07 bits per heavy atom. The molecule has 0 bridgehead atoms. The van der Waals surface area contributed by atoms with Crippen molar-refractivity contribution in [3.8, 4) is 6.07 Å². The van der Waals surface area contributed by atoms with Gasteiger partial charge in [0, 0.05) is 24.8 Å². The second kappa shape index (κ2) is 4.00. The second-order valence-electron chi connectivity index (χ2n) is 4.54. The molecule has 15 heavy (non-hydrogen) atoms. The quantitative estimate of drug-likeness (QED) is 0.808. The highest BCUT2D eigenvalue weighted by molar-refractivity contribution is 5.30. The lowest BCUT2D eigenvalue weighted by Gasteiger charge is -2.10. The van der Waals surface area contributed by atoms with E-state index in [-0.39, 0.29) is 0 Å². The second-order valence-corrected chi connectivity index (χ2v) is 4.54. The Labute approximate surface area is 90.1 Å². The molecule has 1 N–H and O–H groups in total. The number of nitrogens with one attached hydrogen (secondary N) is 1. The van der Waals surface area contributed by atoms with Crippen LogP contribution in [-0.4, -0.2) is 11.5 Å². The van der Waals surface area contributed by atoms with Crippen molar-refractivity contribution in [3.05, 3.63) is 29.6 Å². The van der Waals surface area contributed by atoms with Crippen LogP contribution in [0, 0.1) is 16.7 Å². The molecule has 78 valence electrons. The minimum absolute atomic E-state index is 0.509. The van der Waals surface area contributed by atoms with Crippen molar-refractivity contribution in [3.63, 3.8) is 0 Å². The predicted octanol–water partition coefficient (Wildman–Crippen LogP) is 1.84. The van der Waals surface area contributed by atoms with Gasteiger partial charge in [-0.3, -0.25) is 0 Å². The van der Waals surface area contributed by atoms with Gasteiger partial charge in [-0.1, -0.05) is 13.0 Å². The Morgan fingerprint density at radius 1 is 1.60 bits per heavy atom. The normalized spacial score (nSPS) is 17.1. The van der Waals surface area contributed by atoms with Crippen molar-refractivity contribution in [2.45, 2.75) is 26.3 Å². The molecule has 1 saturated carbocycles. The molecule has 1 aromatic heterocycles. The first-order chi connectivity index (χ1) is 7.23. The van der Waals surface area contributed by atoms with Crippen molar-refractivity contribution in [1.29, 1.82) is 5.26 Å². The summed E-state index contributed by atoms with van der Waals surface area (Å²) in [6.07, 6.45) is 4.29. The topological polar surface area (TPSA) is 48.7 Å². The molecule has 0 aromatic carbocycles. The lowest BCUT2D eigenvalue weighted by molar-refractivity contribution is 0.499. The van der Waals surface area contributed by atoms with E-state index >= 15 is 0 Å². The molecule has 1 aliphatic rings. The average molecular weight is 201 g/mol. The van der Waals surface area contributed by atoms with Crippen molar-refractivity contribution in [2.24, 2.45) is 5.41 Å². The molecular weight excluding hydrogens is 186 g/mol. The molecule has 0 spiro atoms. The summed E-state index contributed by atoms with van der Waals surface area (Å²) in [5.74, 6) is 0. The first-order valence-corrected chi connectivity index (χ1v) is 5.28. The third-order valence-corrected chi connectivity index (χ3v) is 2.97. The van der Waals surface area contributed by atoms with E-state index in [0.717, 1.165) is 18.7 Å². The van der Waals surface area contributed by atoms with E-state index in [1.54, 1.807) is 6.20 Å². The summed E-state index contributed by atoms with van der Waals surface area (Å²) in [5.41, 5.74) is 2.03. The fourth-order valence-corrected chi connectivity index (χ4v) is 1.57. The number of hydrogen-bond donors (Lipinski definition) is 1. The zero-order valence-corrected chi connectivity index (χ0v) is 8.95. The lowest BCUT2D eigenvalue weighted by atomic mass is 10.1. The summed E-state index contributed by atoms with van der Waals surface area (Å²) in [6.45, 7) is 4.06. The Bertz CT molecular complexity index is 388. The average Bonchev–Trinajstić information content (AvgIpc) is 2.97. The highest BCUT2D eigenvalue weighted by atomic mass is 14.9. The molecule has 0 radical (unpaired) electrons. The fraction of sp³-hybridized carbons (Fsp3) is 0.500. The van der Waals surface area contributed by atoms with Crippen molar-refractivity contribution < 1.29 is 0 Å². The van der Waals surface area contributed by atoms with Gasteiger partial charge in [0.1, 0.15) is 11.8 Å². The van der Waals surface area contributed by atoms with Gasteiger partial charge in [0.05, 0.1) is 0 Å². The van der Waals surface area contributed by atoms with Gasteiger partial charge < -0.3 is 5.32 Å². The van der Waals surface area contributed by atoms with E-state index in [4.69, 9.17) is 5.26 Å². The zero-order chi connectivity index (χ0) is 10.7. The predicted molar refractivity (Wildman–Crippen MR) is 58.0 cm³/mol. The Morgan fingerprint density at radius 2 is 2.40 bits per heavy atom. The summed E-state index contributed by atoms with van der Waals surface area (Å²) < 4.78 is 0. The van der Waals surface area contributed by atoms with Gasteiger partial charge in [0.15, 0.2) is 0 Å². The van der Waals surface area contributed by atoms with Crippen LogP contribution in [-0.2, 0) is 6.54 Å². The number of nitrogens with zero attached hydrogens (tertiary/aromatic N) is 2. The summed E-state index contributed by atoms with van der Waals surface area (Å²) >= 11 is 0. The molecule has 0 aliphatic heterocycles. The maximum absolute atomic E-state index is 8.85. The Balaban J connectivity index is 1.90. The lowest BCUT2D eigenvalue weighted by Crippen LogP contribution is -2.22. The van der Waals surface area contributed by atoms with Crippen LogP contribution in [0.5, 0.6) is 0 Å². The van der Waals surface area contributed by atoms with E-state index in [1.807, 2.05) is 12.1 Å². The SMILES string of the molecule is CC1(CNCc2cccnc2C#N)CC1. The van der Waals surface area contributed by atoms with Gasteiger partial charge in [0.25, 0.3) is 0 Å². The Hall–Kier alpha value is -1.40.